The summed E-state index contributed by atoms with van der Waals surface area (Å²) in [5.74, 6) is 0. The van der Waals surface area contributed by atoms with E-state index < -0.39 is 5.23 Å². The van der Waals surface area contributed by atoms with Crippen molar-refractivity contribution >= 4 is 43.0 Å². The van der Waals surface area contributed by atoms with Crippen LogP contribution in [0.1, 0.15) is 0 Å². The minimum atomic E-state index is -0.885. The van der Waals surface area contributed by atoms with Crippen LogP contribution in [0.3, 0.4) is 0 Å². The summed E-state index contributed by atoms with van der Waals surface area (Å²) in [7, 11) is 0. The summed E-state index contributed by atoms with van der Waals surface area (Å²) >= 11 is 4.87. The third kappa shape index (κ3) is 1.49. The molecule has 0 saturated carbocycles. The van der Waals surface area contributed by atoms with E-state index in [9.17, 15) is 5.21 Å². The summed E-state index contributed by atoms with van der Waals surface area (Å²) < 4.78 is 1.84. The molecule has 68 valence electrons. The van der Waals surface area contributed by atoms with Crippen molar-refractivity contribution in [2.45, 2.75) is 0 Å². The maximum atomic E-state index is 10.8. The second-order valence-corrected chi connectivity index (χ2v) is 4.33. The molecule has 1 heterocycles. The topological polar surface area (TPSA) is 47.7 Å². The second kappa shape index (κ2) is 3.36. The van der Waals surface area contributed by atoms with E-state index >= 15 is 0 Å². The highest BCUT2D eigenvalue weighted by Gasteiger charge is 2.11. The van der Waals surface area contributed by atoms with Crippen molar-refractivity contribution in [1.82, 2.24) is 0 Å². The predicted molar refractivity (Wildman–Crippen MR) is 55.3 cm³/mol. The molecule has 2 N–H and O–H groups in total. The first-order valence-electron chi connectivity index (χ1n) is 3.59. The van der Waals surface area contributed by atoms with Crippen LogP contribution in [0.2, 0.25) is 0 Å². The highest BCUT2D eigenvalue weighted by atomic mass is 79.9. The normalized spacial score (nSPS) is 13.5. The van der Waals surface area contributed by atoms with Crippen LogP contribution in [0.4, 0.5) is 5.69 Å². The van der Waals surface area contributed by atoms with Crippen molar-refractivity contribution in [2.24, 2.45) is 0 Å². The van der Waals surface area contributed by atoms with Crippen molar-refractivity contribution in [3.8, 4) is 0 Å². The first kappa shape index (κ1) is 9.11. The zero-order chi connectivity index (χ0) is 9.42. The Kier molecular flexibility index (Phi) is 2.35. The number of thiophene rings is 1. The highest BCUT2D eigenvalue weighted by Crippen LogP contribution is 2.33. The lowest BCUT2D eigenvalue weighted by Crippen LogP contribution is -2.99. The summed E-state index contributed by atoms with van der Waals surface area (Å²) in [5, 5.41) is 21.6. The minimum absolute atomic E-state index is 0.352. The molecule has 0 spiro atoms. The third-order valence-corrected chi connectivity index (χ3v) is 3.66. The summed E-state index contributed by atoms with van der Waals surface area (Å²) in [6, 6.07) is 5.29. The molecule has 1 atom stereocenters. The van der Waals surface area contributed by atoms with Crippen LogP contribution in [0, 0.1) is 5.21 Å². The molecule has 13 heavy (non-hydrogen) atoms. The van der Waals surface area contributed by atoms with Gasteiger partial charge in [-0.05, 0) is 22.0 Å². The van der Waals surface area contributed by atoms with Crippen LogP contribution in [0.5, 0.6) is 0 Å². The number of rotatable bonds is 1. The van der Waals surface area contributed by atoms with Crippen molar-refractivity contribution in [1.29, 1.82) is 0 Å². The van der Waals surface area contributed by atoms with Gasteiger partial charge in [0, 0.05) is 20.6 Å². The van der Waals surface area contributed by atoms with E-state index in [1.165, 1.54) is 11.3 Å². The van der Waals surface area contributed by atoms with E-state index in [0.29, 0.717) is 5.69 Å². The molecule has 0 radical (unpaired) electrons. The molecule has 0 amide bonds. The Morgan fingerprint density at radius 2 is 2.23 bits per heavy atom. The highest BCUT2D eigenvalue weighted by molar-refractivity contribution is 9.10. The molecule has 5 heteroatoms. The maximum Gasteiger partial charge on any atom is 0.173 e. The van der Waals surface area contributed by atoms with Gasteiger partial charge in [-0.3, -0.25) is 0 Å². The van der Waals surface area contributed by atoms with Gasteiger partial charge < -0.3 is 5.21 Å². The number of hydrogen-bond acceptors (Lipinski definition) is 3. The lowest BCUT2D eigenvalue weighted by molar-refractivity contribution is -0.990. The van der Waals surface area contributed by atoms with Gasteiger partial charge >= 0.3 is 0 Å². The molecular formula is C8H6BrNO2S. The molecule has 1 aromatic carbocycles. The first-order valence-corrected chi connectivity index (χ1v) is 5.26. The molecule has 3 nitrogen and oxygen atoms in total. The van der Waals surface area contributed by atoms with Gasteiger partial charge in [0.1, 0.15) is 0 Å². The van der Waals surface area contributed by atoms with Crippen LogP contribution in [-0.4, -0.2) is 5.21 Å². The zero-order valence-electron chi connectivity index (χ0n) is 6.45. The SMILES string of the molecule is [O-][NH+](O)c1cccc2scc(Br)c12. The molecule has 0 fully saturated rings. The van der Waals surface area contributed by atoms with E-state index in [0.717, 1.165) is 14.6 Å². The first-order chi connectivity index (χ1) is 6.20. The fraction of sp³-hybridized carbons (Fsp3) is 0. The summed E-state index contributed by atoms with van der Waals surface area (Å²) in [5.41, 5.74) is 0.352. The van der Waals surface area contributed by atoms with Crippen molar-refractivity contribution < 1.29 is 10.4 Å². The van der Waals surface area contributed by atoms with E-state index in [2.05, 4.69) is 15.9 Å². The number of fused-ring (bicyclic) bond motifs is 1. The largest absolute Gasteiger partial charge is 0.595 e. The van der Waals surface area contributed by atoms with Crippen LogP contribution in [-0.2, 0) is 0 Å². The van der Waals surface area contributed by atoms with Crippen LogP contribution >= 0.6 is 27.3 Å². The molecule has 1 aromatic heterocycles. The second-order valence-electron chi connectivity index (χ2n) is 2.57. The van der Waals surface area contributed by atoms with Crippen molar-refractivity contribution in [3.63, 3.8) is 0 Å². The molecule has 0 aliphatic heterocycles. The minimum Gasteiger partial charge on any atom is -0.595 e. The summed E-state index contributed by atoms with van der Waals surface area (Å²) in [6.45, 7) is 0. The average Bonchev–Trinajstić information content (AvgIpc) is 2.48. The quantitative estimate of drug-likeness (QED) is 0.771. The molecule has 0 saturated heterocycles. The smallest absolute Gasteiger partial charge is 0.173 e. The molecule has 0 aliphatic carbocycles. The molecule has 2 aromatic rings. The van der Waals surface area contributed by atoms with Crippen molar-refractivity contribution in [3.05, 3.63) is 33.3 Å². The van der Waals surface area contributed by atoms with E-state index in [1.807, 2.05) is 11.4 Å². The third-order valence-electron chi connectivity index (χ3n) is 1.78. The number of benzene rings is 1. The number of halogens is 1. The van der Waals surface area contributed by atoms with Gasteiger partial charge in [-0.2, -0.15) is 5.23 Å². The fourth-order valence-corrected chi connectivity index (χ4v) is 2.91. The summed E-state index contributed by atoms with van der Waals surface area (Å²) in [6.07, 6.45) is 0. The van der Waals surface area contributed by atoms with Crippen LogP contribution in [0.25, 0.3) is 10.1 Å². The molecular weight excluding hydrogens is 254 g/mol. The van der Waals surface area contributed by atoms with Crippen molar-refractivity contribution in [2.75, 3.05) is 0 Å². The number of hydrogen-bond donors (Lipinski definition) is 2. The lowest BCUT2D eigenvalue weighted by Gasteiger charge is -2.12. The predicted octanol–water partition coefficient (Wildman–Crippen LogP) is 2.07. The molecule has 1 unspecified atom stereocenters. The maximum absolute atomic E-state index is 10.8. The Balaban J connectivity index is 2.80. The lowest BCUT2D eigenvalue weighted by atomic mass is 10.2. The van der Waals surface area contributed by atoms with Gasteiger partial charge in [0.2, 0.25) is 0 Å². The van der Waals surface area contributed by atoms with Crippen LogP contribution in [0.15, 0.2) is 28.1 Å². The van der Waals surface area contributed by atoms with Gasteiger partial charge in [0.05, 0.1) is 5.39 Å². The Morgan fingerprint density at radius 3 is 2.92 bits per heavy atom. The van der Waals surface area contributed by atoms with Gasteiger partial charge in [0.25, 0.3) is 0 Å². The van der Waals surface area contributed by atoms with Gasteiger partial charge in [-0.1, -0.05) is 6.07 Å². The Bertz CT molecular complexity index is 441. The molecule has 0 aliphatic rings. The van der Waals surface area contributed by atoms with Gasteiger partial charge in [-0.25, -0.2) is 5.21 Å². The molecule has 2 rings (SSSR count). The van der Waals surface area contributed by atoms with E-state index in [4.69, 9.17) is 5.21 Å². The van der Waals surface area contributed by atoms with E-state index in [1.54, 1.807) is 12.1 Å². The zero-order valence-corrected chi connectivity index (χ0v) is 8.85. The Morgan fingerprint density at radius 1 is 1.46 bits per heavy atom. The Labute approximate surface area is 86.9 Å². The van der Waals surface area contributed by atoms with Gasteiger partial charge in [-0.15, -0.1) is 11.3 Å². The standard InChI is InChI=1S/C8H6BrNO2S/c9-5-4-13-7-3-1-2-6(8(5)7)10(11)12/h1-4,10-11H. The number of nitrogens with one attached hydrogen (secondary N) is 1. The van der Waals surface area contributed by atoms with Crippen LogP contribution < -0.4 is 5.23 Å². The fourth-order valence-electron chi connectivity index (χ4n) is 1.23. The van der Waals surface area contributed by atoms with E-state index in [-0.39, 0.29) is 0 Å². The summed E-state index contributed by atoms with van der Waals surface area (Å²) in [4.78, 5) is 0. The van der Waals surface area contributed by atoms with Gasteiger partial charge in [0.15, 0.2) is 5.69 Å². The molecule has 0 bridgehead atoms. The average molecular weight is 260 g/mol. The number of quaternary nitrogens is 1. The Hall–Kier alpha value is -0.460. The monoisotopic (exact) mass is 259 g/mol.